The van der Waals surface area contributed by atoms with Gasteiger partial charge in [-0.2, -0.15) is 0 Å². The number of nitrogens with zero attached hydrogens (tertiary/aromatic N) is 3. The van der Waals surface area contributed by atoms with Gasteiger partial charge in [0, 0.05) is 20.1 Å². The average Bonchev–Trinajstić information content (AvgIpc) is 2.48. The largest absolute Gasteiger partial charge is 0.378 e. The zero-order valence-electron chi connectivity index (χ0n) is 11.5. The maximum absolute atomic E-state index is 5.37. The minimum absolute atomic E-state index is 0.724. The highest BCUT2D eigenvalue weighted by molar-refractivity contribution is 5.95. The number of hydrogen-bond acceptors (Lipinski definition) is 2. The summed E-state index contributed by atoms with van der Waals surface area (Å²) < 4.78 is 5.37. The molecular formula is C14H20N4O. The fourth-order valence-electron chi connectivity index (χ4n) is 1.75. The van der Waals surface area contributed by atoms with Crippen molar-refractivity contribution in [2.45, 2.75) is 6.92 Å². The highest BCUT2D eigenvalue weighted by Gasteiger charge is 2.15. The van der Waals surface area contributed by atoms with Crippen molar-refractivity contribution in [1.82, 2.24) is 10.2 Å². The van der Waals surface area contributed by atoms with Crippen LogP contribution in [0.4, 0.5) is 5.69 Å². The Balaban J connectivity index is 2.25. The molecule has 1 aromatic rings. The van der Waals surface area contributed by atoms with Gasteiger partial charge in [0.05, 0.1) is 18.9 Å². The molecule has 0 aliphatic carbocycles. The number of amidine groups is 1. The summed E-state index contributed by atoms with van der Waals surface area (Å²) >= 11 is 0. The van der Waals surface area contributed by atoms with Crippen molar-refractivity contribution < 1.29 is 4.74 Å². The lowest BCUT2D eigenvalue weighted by Gasteiger charge is -2.27. The van der Waals surface area contributed by atoms with E-state index in [-0.39, 0.29) is 0 Å². The fourth-order valence-corrected chi connectivity index (χ4v) is 1.75. The first-order valence-electron chi connectivity index (χ1n) is 6.49. The molecule has 1 N–H and O–H groups in total. The molecule has 0 saturated carbocycles. The predicted octanol–water partition coefficient (Wildman–Crippen LogP) is 1.64. The van der Waals surface area contributed by atoms with Crippen LogP contribution in [0.1, 0.15) is 6.92 Å². The Kier molecular flexibility index (Phi) is 4.92. The summed E-state index contributed by atoms with van der Waals surface area (Å²) in [5.41, 5.74) is 0.914. The summed E-state index contributed by atoms with van der Waals surface area (Å²) in [6.45, 7) is 5.03. The summed E-state index contributed by atoms with van der Waals surface area (Å²) in [5, 5.41) is 3.03. The van der Waals surface area contributed by atoms with Gasteiger partial charge in [-0.3, -0.25) is 0 Å². The number of benzene rings is 1. The van der Waals surface area contributed by atoms with Gasteiger partial charge in [0.2, 0.25) is 5.96 Å². The minimum atomic E-state index is 0.724. The topological polar surface area (TPSA) is 49.2 Å². The van der Waals surface area contributed by atoms with Crippen LogP contribution in [-0.4, -0.2) is 50.0 Å². The van der Waals surface area contributed by atoms with E-state index in [4.69, 9.17) is 4.74 Å². The second-order valence-electron chi connectivity index (χ2n) is 4.29. The van der Waals surface area contributed by atoms with E-state index < -0.39 is 0 Å². The van der Waals surface area contributed by atoms with E-state index in [9.17, 15) is 0 Å². The third kappa shape index (κ3) is 4.06. The lowest BCUT2D eigenvalue weighted by Crippen LogP contribution is -2.40. The Bertz CT molecular complexity index is 450. The van der Waals surface area contributed by atoms with E-state index in [1.165, 1.54) is 0 Å². The van der Waals surface area contributed by atoms with Crippen molar-refractivity contribution in [3.05, 3.63) is 30.3 Å². The quantitative estimate of drug-likeness (QED) is 0.617. The van der Waals surface area contributed by atoms with Crippen molar-refractivity contribution in [2.24, 2.45) is 9.98 Å². The van der Waals surface area contributed by atoms with E-state index in [1.54, 1.807) is 0 Å². The van der Waals surface area contributed by atoms with Crippen molar-refractivity contribution in [1.29, 1.82) is 0 Å². The molecule has 1 aromatic carbocycles. The SMILES string of the molecule is CN/C(C)=N\C(=N\c1ccccc1)N1CCOCC1. The molecule has 1 fully saturated rings. The highest BCUT2D eigenvalue weighted by Crippen LogP contribution is 2.12. The molecule has 1 saturated heterocycles. The molecule has 19 heavy (non-hydrogen) atoms. The van der Waals surface area contributed by atoms with Gasteiger partial charge in [0.1, 0.15) is 5.84 Å². The number of nitrogens with one attached hydrogen (secondary N) is 1. The number of guanidine groups is 1. The fraction of sp³-hybridized carbons (Fsp3) is 0.429. The molecule has 1 heterocycles. The summed E-state index contributed by atoms with van der Waals surface area (Å²) in [5.74, 6) is 1.59. The van der Waals surface area contributed by atoms with Gasteiger partial charge in [0.25, 0.3) is 0 Å². The Hall–Kier alpha value is -1.88. The van der Waals surface area contributed by atoms with Crippen LogP contribution >= 0.6 is 0 Å². The second kappa shape index (κ2) is 6.89. The van der Waals surface area contributed by atoms with E-state index in [0.717, 1.165) is 43.8 Å². The first-order valence-corrected chi connectivity index (χ1v) is 6.49. The van der Waals surface area contributed by atoms with Crippen molar-refractivity contribution in [2.75, 3.05) is 33.4 Å². The van der Waals surface area contributed by atoms with Crippen LogP contribution in [0, 0.1) is 0 Å². The second-order valence-corrected chi connectivity index (χ2v) is 4.29. The molecule has 102 valence electrons. The molecule has 0 unspecified atom stereocenters. The maximum Gasteiger partial charge on any atom is 0.227 e. The van der Waals surface area contributed by atoms with Crippen LogP contribution in [0.25, 0.3) is 0 Å². The van der Waals surface area contributed by atoms with Gasteiger partial charge < -0.3 is 15.0 Å². The average molecular weight is 260 g/mol. The summed E-state index contributed by atoms with van der Waals surface area (Å²) in [6.07, 6.45) is 0. The maximum atomic E-state index is 5.37. The van der Waals surface area contributed by atoms with Crippen LogP contribution in [0.5, 0.6) is 0 Å². The molecule has 5 nitrogen and oxygen atoms in total. The number of para-hydroxylation sites is 1. The third-order valence-corrected chi connectivity index (χ3v) is 2.91. The van der Waals surface area contributed by atoms with Crippen LogP contribution in [0.2, 0.25) is 0 Å². The van der Waals surface area contributed by atoms with E-state index in [1.807, 2.05) is 44.3 Å². The normalized spacial score (nSPS) is 17.5. The van der Waals surface area contributed by atoms with Gasteiger partial charge in [-0.15, -0.1) is 0 Å². The van der Waals surface area contributed by atoms with Crippen LogP contribution < -0.4 is 5.32 Å². The Labute approximate surface area is 114 Å². The highest BCUT2D eigenvalue weighted by atomic mass is 16.5. The monoisotopic (exact) mass is 260 g/mol. The first-order chi connectivity index (χ1) is 9.29. The molecule has 2 rings (SSSR count). The van der Waals surface area contributed by atoms with Gasteiger partial charge in [-0.1, -0.05) is 18.2 Å². The molecule has 1 aliphatic rings. The van der Waals surface area contributed by atoms with Gasteiger partial charge in [0.15, 0.2) is 0 Å². The Morgan fingerprint density at radius 1 is 1.21 bits per heavy atom. The van der Waals surface area contributed by atoms with E-state index in [0.29, 0.717) is 0 Å². The van der Waals surface area contributed by atoms with Crippen LogP contribution in [0.3, 0.4) is 0 Å². The van der Waals surface area contributed by atoms with Gasteiger partial charge >= 0.3 is 0 Å². The van der Waals surface area contributed by atoms with E-state index in [2.05, 4.69) is 20.2 Å². The van der Waals surface area contributed by atoms with E-state index >= 15 is 0 Å². The standard InChI is InChI=1S/C14H20N4O/c1-12(15-2)16-14(18-8-10-19-11-9-18)17-13-6-4-3-5-7-13/h3-7H,8-11H2,1-2H3,(H,15,16,17). The van der Waals surface area contributed by atoms with Crippen molar-refractivity contribution >= 4 is 17.5 Å². The van der Waals surface area contributed by atoms with Crippen molar-refractivity contribution in [3.63, 3.8) is 0 Å². The number of rotatable bonds is 1. The lowest BCUT2D eigenvalue weighted by atomic mass is 10.3. The van der Waals surface area contributed by atoms with Crippen LogP contribution in [-0.2, 0) is 4.74 Å². The molecule has 5 heteroatoms. The minimum Gasteiger partial charge on any atom is -0.378 e. The molecule has 0 amide bonds. The summed E-state index contributed by atoms with van der Waals surface area (Å²) in [7, 11) is 1.86. The Morgan fingerprint density at radius 3 is 2.53 bits per heavy atom. The van der Waals surface area contributed by atoms with Gasteiger partial charge in [-0.05, 0) is 19.1 Å². The van der Waals surface area contributed by atoms with Crippen molar-refractivity contribution in [3.8, 4) is 0 Å². The zero-order valence-corrected chi connectivity index (χ0v) is 11.5. The number of ether oxygens (including phenoxy) is 1. The Morgan fingerprint density at radius 2 is 1.89 bits per heavy atom. The molecule has 0 radical (unpaired) electrons. The third-order valence-electron chi connectivity index (χ3n) is 2.91. The molecule has 0 bridgehead atoms. The predicted molar refractivity (Wildman–Crippen MR) is 78.1 cm³/mol. The summed E-state index contributed by atoms with van der Waals surface area (Å²) in [4.78, 5) is 11.3. The number of aliphatic imine (C=N–C) groups is 2. The smallest absolute Gasteiger partial charge is 0.227 e. The molecule has 1 aliphatic heterocycles. The summed E-state index contributed by atoms with van der Waals surface area (Å²) in [6, 6.07) is 9.89. The molecule has 0 aromatic heterocycles. The number of morpholine rings is 1. The molecular weight excluding hydrogens is 240 g/mol. The van der Waals surface area contributed by atoms with Gasteiger partial charge in [-0.25, -0.2) is 9.98 Å². The number of hydrogen-bond donors (Lipinski definition) is 1. The molecule has 0 atom stereocenters. The molecule has 0 spiro atoms. The first kappa shape index (κ1) is 13.5. The van der Waals surface area contributed by atoms with Crippen LogP contribution in [0.15, 0.2) is 40.3 Å². The lowest BCUT2D eigenvalue weighted by molar-refractivity contribution is 0.0676. The zero-order chi connectivity index (χ0) is 13.5.